The summed E-state index contributed by atoms with van der Waals surface area (Å²) in [7, 11) is 0. The summed E-state index contributed by atoms with van der Waals surface area (Å²) in [6.45, 7) is 2.39. The molecule has 2 rings (SSSR count). The van der Waals surface area contributed by atoms with Crippen LogP contribution in [0.1, 0.15) is 19.3 Å². The molecule has 3 nitrogen and oxygen atoms in total. The van der Waals surface area contributed by atoms with Gasteiger partial charge in [0.1, 0.15) is 0 Å². The van der Waals surface area contributed by atoms with Crippen molar-refractivity contribution in [3.63, 3.8) is 0 Å². The second-order valence-corrected chi connectivity index (χ2v) is 4.49. The number of aliphatic hydroxyl groups is 1. The third-order valence-electron chi connectivity index (χ3n) is 3.47. The molecule has 2 aliphatic rings. The van der Waals surface area contributed by atoms with E-state index in [1.54, 1.807) is 0 Å². The molecule has 0 aromatic heterocycles. The fourth-order valence-electron chi connectivity index (χ4n) is 2.58. The maximum absolute atomic E-state index is 8.51. The van der Waals surface area contributed by atoms with Gasteiger partial charge in [-0.3, -0.25) is 0 Å². The zero-order valence-electron chi connectivity index (χ0n) is 9.19. The molecule has 86 valence electrons. The summed E-state index contributed by atoms with van der Waals surface area (Å²) in [5.74, 6) is 1.75. The van der Waals surface area contributed by atoms with Crippen LogP contribution in [0.2, 0.25) is 0 Å². The summed E-state index contributed by atoms with van der Waals surface area (Å²) in [5, 5.41) is 12.1. The molecule has 3 atom stereocenters. The predicted molar refractivity (Wildman–Crippen MR) is 59.7 cm³/mol. The monoisotopic (exact) mass is 211 g/mol. The number of aliphatic hydroxyl groups excluding tert-OH is 1. The molecule has 3 unspecified atom stereocenters. The second kappa shape index (κ2) is 5.64. The minimum atomic E-state index is 0.130. The summed E-state index contributed by atoms with van der Waals surface area (Å²) in [6.07, 6.45) is 8.37. The van der Waals surface area contributed by atoms with Crippen molar-refractivity contribution in [1.29, 1.82) is 0 Å². The number of rotatable bonds is 7. The van der Waals surface area contributed by atoms with Gasteiger partial charge < -0.3 is 15.2 Å². The van der Waals surface area contributed by atoms with Crippen LogP contribution in [0.15, 0.2) is 12.2 Å². The molecule has 1 fully saturated rings. The van der Waals surface area contributed by atoms with Crippen molar-refractivity contribution < 1.29 is 9.84 Å². The zero-order chi connectivity index (χ0) is 10.5. The number of nitrogens with one attached hydrogen (secondary N) is 1. The normalized spacial score (nSPS) is 32.7. The average molecular weight is 211 g/mol. The standard InChI is InChI=1S/C12H21NO2/c14-6-8-15-7-2-5-13-12-9-10-3-1-4-11(10)12/h1,4,10-14H,2-3,5-9H2. The van der Waals surface area contributed by atoms with Crippen molar-refractivity contribution in [3.05, 3.63) is 12.2 Å². The van der Waals surface area contributed by atoms with Crippen molar-refractivity contribution >= 4 is 0 Å². The van der Waals surface area contributed by atoms with Gasteiger partial charge in [0.25, 0.3) is 0 Å². The first kappa shape index (κ1) is 11.1. The van der Waals surface area contributed by atoms with Crippen LogP contribution < -0.4 is 5.32 Å². The highest BCUT2D eigenvalue weighted by Gasteiger charge is 2.40. The van der Waals surface area contributed by atoms with E-state index in [4.69, 9.17) is 9.84 Å². The quantitative estimate of drug-likeness (QED) is 0.486. The summed E-state index contributed by atoms with van der Waals surface area (Å²) < 4.78 is 5.20. The van der Waals surface area contributed by atoms with Gasteiger partial charge in [0.15, 0.2) is 0 Å². The molecule has 15 heavy (non-hydrogen) atoms. The van der Waals surface area contributed by atoms with Gasteiger partial charge in [-0.15, -0.1) is 0 Å². The van der Waals surface area contributed by atoms with E-state index in [1.807, 2.05) is 0 Å². The maximum atomic E-state index is 8.51. The average Bonchev–Trinajstić information content (AvgIpc) is 2.59. The molecule has 3 heteroatoms. The summed E-state index contributed by atoms with van der Waals surface area (Å²) in [6, 6.07) is 0.714. The summed E-state index contributed by atoms with van der Waals surface area (Å²) in [4.78, 5) is 0. The van der Waals surface area contributed by atoms with Crippen molar-refractivity contribution in [2.24, 2.45) is 11.8 Å². The van der Waals surface area contributed by atoms with E-state index < -0.39 is 0 Å². The van der Waals surface area contributed by atoms with Crippen molar-refractivity contribution in [2.45, 2.75) is 25.3 Å². The lowest BCUT2D eigenvalue weighted by molar-refractivity contribution is 0.0877. The lowest BCUT2D eigenvalue weighted by atomic mass is 9.71. The maximum Gasteiger partial charge on any atom is 0.0697 e. The van der Waals surface area contributed by atoms with Crippen molar-refractivity contribution in [3.8, 4) is 0 Å². The fraction of sp³-hybridized carbons (Fsp3) is 0.833. The van der Waals surface area contributed by atoms with Gasteiger partial charge in [-0.25, -0.2) is 0 Å². The molecule has 0 radical (unpaired) electrons. The number of hydrogen-bond donors (Lipinski definition) is 2. The number of ether oxygens (including phenoxy) is 1. The molecular weight excluding hydrogens is 190 g/mol. The molecule has 2 N–H and O–H groups in total. The Bertz CT molecular complexity index is 218. The van der Waals surface area contributed by atoms with E-state index in [2.05, 4.69) is 17.5 Å². The van der Waals surface area contributed by atoms with E-state index in [1.165, 1.54) is 12.8 Å². The van der Waals surface area contributed by atoms with Gasteiger partial charge in [0, 0.05) is 12.6 Å². The first-order chi connectivity index (χ1) is 7.42. The molecule has 0 amide bonds. The highest BCUT2D eigenvalue weighted by atomic mass is 16.5. The third kappa shape index (κ3) is 2.80. The van der Waals surface area contributed by atoms with Gasteiger partial charge >= 0.3 is 0 Å². The minimum absolute atomic E-state index is 0.130. The second-order valence-electron chi connectivity index (χ2n) is 4.49. The molecule has 0 saturated heterocycles. The highest BCUT2D eigenvalue weighted by Crippen LogP contribution is 2.42. The Morgan fingerprint density at radius 3 is 3.13 bits per heavy atom. The number of hydrogen-bond acceptors (Lipinski definition) is 3. The van der Waals surface area contributed by atoms with E-state index in [0.29, 0.717) is 12.6 Å². The molecule has 0 aromatic rings. The Morgan fingerprint density at radius 1 is 1.40 bits per heavy atom. The van der Waals surface area contributed by atoms with E-state index in [9.17, 15) is 0 Å². The Balaban J connectivity index is 1.47. The molecule has 1 saturated carbocycles. The van der Waals surface area contributed by atoms with Crippen LogP contribution in [0.3, 0.4) is 0 Å². The molecular formula is C12H21NO2. The van der Waals surface area contributed by atoms with Crippen LogP contribution in [0, 0.1) is 11.8 Å². The van der Waals surface area contributed by atoms with Gasteiger partial charge in [0.05, 0.1) is 13.2 Å². The van der Waals surface area contributed by atoms with Gasteiger partial charge in [0.2, 0.25) is 0 Å². The highest BCUT2D eigenvalue weighted by molar-refractivity contribution is 5.12. The zero-order valence-corrected chi connectivity index (χ0v) is 9.19. The van der Waals surface area contributed by atoms with Gasteiger partial charge in [-0.2, -0.15) is 0 Å². The minimum Gasteiger partial charge on any atom is -0.394 e. The molecule has 0 aromatic carbocycles. The SMILES string of the molecule is OCCOCCCNC1CC2CC=CC21. The molecule has 0 aliphatic heterocycles. The number of fused-ring (bicyclic) bond motifs is 1. The predicted octanol–water partition coefficient (Wildman–Crippen LogP) is 0.940. The lowest BCUT2D eigenvalue weighted by Gasteiger charge is -2.40. The smallest absolute Gasteiger partial charge is 0.0697 e. The molecule has 0 spiro atoms. The largest absolute Gasteiger partial charge is 0.394 e. The Kier molecular flexibility index (Phi) is 4.18. The van der Waals surface area contributed by atoms with Crippen LogP contribution in [0.4, 0.5) is 0 Å². The molecule has 0 heterocycles. The van der Waals surface area contributed by atoms with Gasteiger partial charge in [-0.05, 0) is 37.6 Å². The van der Waals surface area contributed by atoms with E-state index in [0.717, 1.165) is 31.4 Å². The molecule has 0 bridgehead atoms. The van der Waals surface area contributed by atoms with Crippen LogP contribution >= 0.6 is 0 Å². The lowest BCUT2D eigenvalue weighted by Crippen LogP contribution is -2.48. The van der Waals surface area contributed by atoms with Crippen LogP contribution in [-0.4, -0.2) is 37.5 Å². The van der Waals surface area contributed by atoms with Crippen LogP contribution in [0.25, 0.3) is 0 Å². The summed E-state index contributed by atoms with van der Waals surface area (Å²) in [5.41, 5.74) is 0. The third-order valence-corrected chi connectivity index (χ3v) is 3.47. The summed E-state index contributed by atoms with van der Waals surface area (Å²) >= 11 is 0. The van der Waals surface area contributed by atoms with E-state index in [-0.39, 0.29) is 6.61 Å². The topological polar surface area (TPSA) is 41.5 Å². The first-order valence-electron chi connectivity index (χ1n) is 6.00. The molecule has 2 aliphatic carbocycles. The van der Waals surface area contributed by atoms with E-state index >= 15 is 0 Å². The Morgan fingerprint density at radius 2 is 2.33 bits per heavy atom. The van der Waals surface area contributed by atoms with Crippen LogP contribution in [-0.2, 0) is 4.74 Å². The van der Waals surface area contributed by atoms with Crippen LogP contribution in [0.5, 0.6) is 0 Å². The Labute approximate surface area is 91.5 Å². The Hall–Kier alpha value is -0.380. The van der Waals surface area contributed by atoms with Crippen molar-refractivity contribution in [2.75, 3.05) is 26.4 Å². The number of allylic oxidation sites excluding steroid dienone is 1. The van der Waals surface area contributed by atoms with Crippen molar-refractivity contribution in [1.82, 2.24) is 5.32 Å². The first-order valence-corrected chi connectivity index (χ1v) is 6.00. The fourth-order valence-corrected chi connectivity index (χ4v) is 2.58. The van der Waals surface area contributed by atoms with Gasteiger partial charge in [-0.1, -0.05) is 12.2 Å².